The Labute approximate surface area is 122 Å². The first-order chi connectivity index (χ1) is 9.90. The summed E-state index contributed by atoms with van der Waals surface area (Å²) in [5.41, 5.74) is -0.321. The number of hydrogen-bond acceptors (Lipinski definition) is 3. The average molecular weight is 295 g/mol. The second-order valence-corrected chi connectivity index (χ2v) is 5.38. The molecule has 1 saturated heterocycles. The fourth-order valence-corrected chi connectivity index (χ4v) is 2.33. The van der Waals surface area contributed by atoms with E-state index in [4.69, 9.17) is 4.74 Å². The lowest BCUT2D eigenvalue weighted by Gasteiger charge is -2.24. The van der Waals surface area contributed by atoms with Crippen LogP contribution in [0.25, 0.3) is 0 Å². The second kappa shape index (κ2) is 6.22. The van der Waals surface area contributed by atoms with Crippen LogP contribution >= 0.6 is 0 Å². The maximum Gasteiger partial charge on any atom is 0.326 e. The van der Waals surface area contributed by atoms with E-state index in [1.54, 1.807) is 6.92 Å². The van der Waals surface area contributed by atoms with Crippen molar-refractivity contribution in [2.45, 2.75) is 37.8 Å². The van der Waals surface area contributed by atoms with Gasteiger partial charge in [0.1, 0.15) is 17.5 Å². The first kappa shape index (κ1) is 15.4. The first-order valence-corrected chi connectivity index (χ1v) is 6.83. The number of carbonyl (C=O) groups excluding carboxylic acids is 1. The van der Waals surface area contributed by atoms with Crippen molar-refractivity contribution in [3.05, 3.63) is 35.6 Å². The van der Waals surface area contributed by atoms with E-state index in [0.717, 1.165) is 6.42 Å². The normalized spacial score (nSPS) is 22.8. The quantitative estimate of drug-likeness (QED) is 0.863. The number of hydrogen-bond donors (Lipinski definition) is 2. The summed E-state index contributed by atoms with van der Waals surface area (Å²) in [5.74, 6) is -1.94. The van der Waals surface area contributed by atoms with Gasteiger partial charge in [0.25, 0.3) is 5.91 Å². The standard InChI is InChI=1S/C15H18FNO4/c1-15(7-2-8-21-15)14(20)17-12(13(18)19)9-10-3-5-11(16)6-4-10/h3-6,12H,2,7-9H2,1H3,(H,17,20)(H,18,19)/t12-,15?/m0/s1. The third kappa shape index (κ3) is 3.78. The number of benzene rings is 1. The maximum atomic E-state index is 12.8. The van der Waals surface area contributed by atoms with Crippen LogP contribution in [0.3, 0.4) is 0 Å². The van der Waals surface area contributed by atoms with Crippen LogP contribution in [0.2, 0.25) is 0 Å². The van der Waals surface area contributed by atoms with Crippen molar-refractivity contribution < 1.29 is 23.8 Å². The lowest BCUT2D eigenvalue weighted by atomic mass is 10.00. The molecule has 21 heavy (non-hydrogen) atoms. The summed E-state index contributed by atoms with van der Waals surface area (Å²) in [7, 11) is 0. The molecule has 2 rings (SSSR count). The monoisotopic (exact) mass is 295 g/mol. The Morgan fingerprint density at radius 1 is 1.43 bits per heavy atom. The smallest absolute Gasteiger partial charge is 0.326 e. The summed E-state index contributed by atoms with van der Waals surface area (Å²) in [4.78, 5) is 23.5. The second-order valence-electron chi connectivity index (χ2n) is 5.38. The molecule has 0 bridgehead atoms. The zero-order valence-electron chi connectivity index (χ0n) is 11.8. The van der Waals surface area contributed by atoms with E-state index in [1.165, 1.54) is 24.3 Å². The molecule has 2 N–H and O–H groups in total. The molecule has 114 valence electrons. The molecule has 1 unspecified atom stereocenters. The van der Waals surface area contributed by atoms with Crippen molar-refractivity contribution in [3.8, 4) is 0 Å². The van der Waals surface area contributed by atoms with Crippen molar-refractivity contribution >= 4 is 11.9 Å². The molecule has 0 aromatic heterocycles. The van der Waals surface area contributed by atoms with Gasteiger partial charge in [-0.2, -0.15) is 0 Å². The van der Waals surface area contributed by atoms with E-state index in [9.17, 15) is 19.1 Å². The molecule has 2 atom stereocenters. The van der Waals surface area contributed by atoms with Gasteiger partial charge in [-0.1, -0.05) is 12.1 Å². The summed E-state index contributed by atoms with van der Waals surface area (Å²) in [6, 6.07) is 4.47. The predicted octanol–water partition coefficient (Wildman–Crippen LogP) is 1.51. The Morgan fingerprint density at radius 2 is 2.10 bits per heavy atom. The van der Waals surface area contributed by atoms with Gasteiger partial charge in [-0.05, 0) is 37.5 Å². The van der Waals surface area contributed by atoms with Crippen LogP contribution in [0.4, 0.5) is 4.39 Å². The van der Waals surface area contributed by atoms with Gasteiger partial charge < -0.3 is 15.2 Å². The molecule has 0 saturated carbocycles. The van der Waals surface area contributed by atoms with Gasteiger partial charge in [0, 0.05) is 13.0 Å². The number of aliphatic carboxylic acids is 1. The molecule has 0 aliphatic carbocycles. The van der Waals surface area contributed by atoms with Crippen LogP contribution in [0.5, 0.6) is 0 Å². The minimum Gasteiger partial charge on any atom is -0.480 e. The van der Waals surface area contributed by atoms with E-state index in [-0.39, 0.29) is 12.2 Å². The van der Waals surface area contributed by atoms with Crippen molar-refractivity contribution in [2.75, 3.05) is 6.61 Å². The van der Waals surface area contributed by atoms with Gasteiger partial charge >= 0.3 is 5.97 Å². The highest BCUT2D eigenvalue weighted by Crippen LogP contribution is 2.25. The highest BCUT2D eigenvalue weighted by molar-refractivity contribution is 5.89. The van der Waals surface area contributed by atoms with E-state index in [1.807, 2.05) is 0 Å². The molecule has 5 nitrogen and oxygen atoms in total. The number of carboxylic acid groups (broad SMARTS) is 1. The van der Waals surface area contributed by atoms with Gasteiger partial charge in [0.05, 0.1) is 0 Å². The molecule has 1 aromatic carbocycles. The SMILES string of the molecule is CC1(C(=O)N[C@@H](Cc2ccc(F)cc2)C(=O)O)CCCO1. The fraction of sp³-hybridized carbons (Fsp3) is 0.467. The minimum atomic E-state index is -1.13. The van der Waals surface area contributed by atoms with Gasteiger partial charge in [0.15, 0.2) is 0 Å². The highest BCUT2D eigenvalue weighted by Gasteiger charge is 2.39. The highest BCUT2D eigenvalue weighted by atomic mass is 19.1. The van der Waals surface area contributed by atoms with Crippen molar-refractivity contribution in [3.63, 3.8) is 0 Å². The summed E-state index contributed by atoms with van der Waals surface area (Å²) >= 11 is 0. The number of carbonyl (C=O) groups is 2. The zero-order chi connectivity index (χ0) is 15.5. The lowest BCUT2D eigenvalue weighted by Crippen LogP contribution is -2.51. The number of amides is 1. The molecule has 0 spiro atoms. The van der Waals surface area contributed by atoms with Crippen molar-refractivity contribution in [1.29, 1.82) is 0 Å². The Hall–Kier alpha value is -1.95. The van der Waals surface area contributed by atoms with Crippen LogP contribution in [0.15, 0.2) is 24.3 Å². The summed E-state index contributed by atoms with van der Waals surface area (Å²) in [5, 5.41) is 11.7. The van der Waals surface area contributed by atoms with E-state index in [2.05, 4.69) is 5.32 Å². The maximum absolute atomic E-state index is 12.8. The molecule has 1 amide bonds. The van der Waals surface area contributed by atoms with E-state index in [0.29, 0.717) is 18.6 Å². The number of nitrogens with one attached hydrogen (secondary N) is 1. The molecular weight excluding hydrogens is 277 g/mol. The van der Waals surface area contributed by atoms with Gasteiger partial charge in [-0.25, -0.2) is 9.18 Å². The molecule has 1 aliphatic heterocycles. The number of carboxylic acids is 1. The molecule has 0 radical (unpaired) electrons. The largest absolute Gasteiger partial charge is 0.480 e. The molecule has 1 fully saturated rings. The van der Waals surface area contributed by atoms with Crippen LogP contribution in [-0.4, -0.2) is 35.2 Å². The van der Waals surface area contributed by atoms with E-state index < -0.39 is 23.5 Å². The van der Waals surface area contributed by atoms with Gasteiger partial charge in [-0.3, -0.25) is 4.79 Å². The lowest BCUT2D eigenvalue weighted by molar-refractivity contribution is -0.147. The topological polar surface area (TPSA) is 75.6 Å². The Bertz CT molecular complexity index is 523. The Morgan fingerprint density at radius 3 is 2.62 bits per heavy atom. The average Bonchev–Trinajstić information content (AvgIpc) is 2.88. The number of ether oxygens (including phenoxy) is 1. The third-order valence-corrected chi connectivity index (χ3v) is 3.66. The molecule has 1 heterocycles. The Kier molecular flexibility index (Phi) is 4.57. The van der Waals surface area contributed by atoms with E-state index >= 15 is 0 Å². The fourth-order valence-electron chi connectivity index (χ4n) is 2.33. The predicted molar refractivity (Wildman–Crippen MR) is 73.3 cm³/mol. The molecule has 1 aliphatic rings. The summed E-state index contributed by atoms with van der Waals surface area (Å²) in [6.07, 6.45) is 1.44. The van der Waals surface area contributed by atoms with Crippen molar-refractivity contribution in [2.24, 2.45) is 0 Å². The van der Waals surface area contributed by atoms with Crippen LogP contribution in [-0.2, 0) is 20.7 Å². The summed E-state index contributed by atoms with van der Waals surface area (Å²) < 4.78 is 18.2. The molecular formula is C15H18FNO4. The Balaban J connectivity index is 2.04. The molecule has 1 aromatic rings. The minimum absolute atomic E-state index is 0.0947. The summed E-state index contributed by atoms with van der Waals surface area (Å²) in [6.45, 7) is 2.16. The number of rotatable bonds is 5. The number of halogens is 1. The van der Waals surface area contributed by atoms with Crippen LogP contribution < -0.4 is 5.32 Å². The molecule has 6 heteroatoms. The van der Waals surface area contributed by atoms with Crippen molar-refractivity contribution in [1.82, 2.24) is 5.32 Å². The third-order valence-electron chi connectivity index (χ3n) is 3.66. The van der Waals surface area contributed by atoms with Crippen LogP contribution in [0, 0.1) is 5.82 Å². The van der Waals surface area contributed by atoms with Gasteiger partial charge in [-0.15, -0.1) is 0 Å². The zero-order valence-corrected chi connectivity index (χ0v) is 11.8. The van der Waals surface area contributed by atoms with Crippen LogP contribution in [0.1, 0.15) is 25.3 Å². The van der Waals surface area contributed by atoms with Gasteiger partial charge in [0.2, 0.25) is 0 Å². The first-order valence-electron chi connectivity index (χ1n) is 6.83.